The van der Waals surface area contributed by atoms with Crippen molar-refractivity contribution in [2.75, 3.05) is 20.1 Å². The van der Waals surface area contributed by atoms with Crippen LogP contribution in [0, 0.1) is 0 Å². The van der Waals surface area contributed by atoms with E-state index in [1.807, 2.05) is 0 Å². The zero-order valence-corrected chi connectivity index (χ0v) is 6.29. The van der Waals surface area contributed by atoms with Crippen LogP contribution >= 0.6 is 0 Å². The lowest BCUT2D eigenvalue weighted by Gasteiger charge is -2.04. The van der Waals surface area contributed by atoms with Gasteiger partial charge in [-0.3, -0.25) is 4.79 Å². The first-order chi connectivity index (χ1) is 4.83. The highest BCUT2D eigenvalue weighted by atomic mass is 16.1. The molecule has 1 rings (SSSR count). The van der Waals surface area contributed by atoms with E-state index >= 15 is 0 Å². The summed E-state index contributed by atoms with van der Waals surface area (Å²) in [4.78, 5) is 11.7. The van der Waals surface area contributed by atoms with Gasteiger partial charge in [0.1, 0.15) is 0 Å². The first-order valence-electron chi connectivity index (χ1n) is 3.35. The van der Waals surface area contributed by atoms with Crippen LogP contribution in [0.1, 0.15) is 6.42 Å². The topological polar surface area (TPSA) is 72.3 Å². The molecule has 1 atom stereocenters. The quantitative estimate of drug-likeness (QED) is 0.453. The normalized spacial score (nSPS) is 23.5. The molecule has 1 saturated heterocycles. The second-order valence-electron chi connectivity index (χ2n) is 2.15. The van der Waals surface area contributed by atoms with E-state index in [1.54, 1.807) is 4.90 Å². The Morgan fingerprint density at radius 3 is 2.40 bits per heavy atom. The van der Waals surface area contributed by atoms with Gasteiger partial charge >= 0.3 is 0 Å². The molecule has 60 valence electrons. The Morgan fingerprint density at radius 2 is 2.20 bits per heavy atom. The number of rotatable bonds is 1. The van der Waals surface area contributed by atoms with Gasteiger partial charge in [0.15, 0.2) is 0 Å². The van der Waals surface area contributed by atoms with Gasteiger partial charge in [-0.05, 0) is 13.5 Å². The smallest absolute Gasteiger partial charge is 0.209 e. The highest BCUT2D eigenvalue weighted by molar-refractivity contribution is 5.47. The number of nitrogens with zero attached hydrogens (tertiary/aromatic N) is 1. The minimum atomic E-state index is 0.222. The van der Waals surface area contributed by atoms with Gasteiger partial charge in [0, 0.05) is 19.1 Å². The van der Waals surface area contributed by atoms with E-state index in [1.165, 1.54) is 7.05 Å². The van der Waals surface area contributed by atoms with Crippen molar-refractivity contribution in [3.8, 4) is 0 Å². The second-order valence-corrected chi connectivity index (χ2v) is 2.15. The Bertz CT molecular complexity index is 97.0. The average molecular weight is 145 g/mol. The molecular weight excluding hydrogens is 130 g/mol. The molecule has 0 aliphatic carbocycles. The van der Waals surface area contributed by atoms with E-state index in [0.717, 1.165) is 25.9 Å². The molecule has 1 aliphatic heterocycles. The predicted molar refractivity (Wildman–Crippen MR) is 40.3 cm³/mol. The molecule has 10 heavy (non-hydrogen) atoms. The summed E-state index contributed by atoms with van der Waals surface area (Å²) in [6.07, 6.45) is 1.81. The van der Waals surface area contributed by atoms with Crippen molar-refractivity contribution in [1.29, 1.82) is 0 Å². The maximum atomic E-state index is 10.0. The van der Waals surface area contributed by atoms with E-state index in [0.29, 0.717) is 0 Å². The van der Waals surface area contributed by atoms with Crippen molar-refractivity contribution in [3.63, 3.8) is 0 Å². The van der Waals surface area contributed by atoms with Crippen molar-refractivity contribution in [3.05, 3.63) is 0 Å². The van der Waals surface area contributed by atoms with Gasteiger partial charge in [-0.15, -0.1) is 0 Å². The van der Waals surface area contributed by atoms with Gasteiger partial charge in [-0.1, -0.05) is 0 Å². The summed E-state index contributed by atoms with van der Waals surface area (Å²) >= 11 is 0. The van der Waals surface area contributed by atoms with Crippen molar-refractivity contribution < 1.29 is 4.79 Å². The van der Waals surface area contributed by atoms with Gasteiger partial charge in [-0.2, -0.15) is 0 Å². The number of amides is 1. The van der Waals surface area contributed by atoms with Gasteiger partial charge in [-0.25, -0.2) is 0 Å². The molecule has 0 saturated carbocycles. The zero-order valence-electron chi connectivity index (χ0n) is 6.29. The third-order valence-electron chi connectivity index (χ3n) is 1.41. The van der Waals surface area contributed by atoms with E-state index in [-0.39, 0.29) is 6.04 Å². The van der Waals surface area contributed by atoms with E-state index in [9.17, 15) is 4.79 Å². The van der Waals surface area contributed by atoms with Crippen molar-refractivity contribution in [2.45, 2.75) is 12.5 Å². The molecule has 1 amide bonds. The van der Waals surface area contributed by atoms with E-state index in [4.69, 9.17) is 5.73 Å². The fraction of sp³-hybridized carbons (Fsp3) is 0.833. The molecule has 0 aromatic rings. The summed E-state index contributed by atoms with van der Waals surface area (Å²) in [5.41, 5.74) is 10.0. The molecule has 1 unspecified atom stereocenters. The highest BCUT2D eigenvalue weighted by Gasteiger charge is 2.15. The van der Waals surface area contributed by atoms with Gasteiger partial charge in [0.05, 0.1) is 0 Å². The molecular formula is C6H15N3O. The molecule has 0 bridgehead atoms. The van der Waals surface area contributed by atoms with Crippen LogP contribution in [-0.2, 0) is 4.79 Å². The number of carbonyl (C=O) groups excluding carboxylic acids is 1. The number of nitrogens with two attached hydrogens (primary N) is 2. The Kier molecular flexibility index (Phi) is 4.88. The predicted octanol–water partition coefficient (Wildman–Crippen LogP) is -1.25. The molecule has 4 nitrogen and oxygen atoms in total. The number of hydrogen-bond acceptors (Lipinski definition) is 3. The Morgan fingerprint density at radius 1 is 1.60 bits per heavy atom. The molecule has 0 aromatic heterocycles. The largest absolute Gasteiger partial charge is 0.344 e. The summed E-state index contributed by atoms with van der Waals surface area (Å²) in [6, 6.07) is 0.222. The summed E-state index contributed by atoms with van der Waals surface area (Å²) in [6.45, 7) is 1.58. The fourth-order valence-corrected chi connectivity index (χ4v) is 0.911. The Hall–Kier alpha value is -0.610. The van der Waals surface area contributed by atoms with Crippen LogP contribution in [0.15, 0.2) is 0 Å². The molecule has 0 spiro atoms. The number of carbonyl (C=O) groups is 1. The van der Waals surface area contributed by atoms with Gasteiger partial charge < -0.3 is 16.4 Å². The van der Waals surface area contributed by atoms with Crippen LogP contribution in [0.25, 0.3) is 0 Å². The van der Waals surface area contributed by atoms with E-state index in [2.05, 4.69) is 5.73 Å². The minimum Gasteiger partial charge on any atom is -0.344 e. The highest BCUT2D eigenvalue weighted by Crippen LogP contribution is 2.02. The van der Waals surface area contributed by atoms with Gasteiger partial charge in [0.2, 0.25) is 6.41 Å². The molecule has 0 aromatic carbocycles. The standard InChI is InChI=1S/C5H10N2O.CH5N/c6-5-1-2-7(3-5)4-8;1-2/h4-5H,1-3,6H2;2H2,1H3. The van der Waals surface area contributed by atoms with Crippen LogP contribution in [0.4, 0.5) is 0 Å². The lowest BCUT2D eigenvalue weighted by atomic mass is 10.3. The average Bonchev–Trinajstić information content (AvgIpc) is 2.40. The monoisotopic (exact) mass is 145 g/mol. The van der Waals surface area contributed by atoms with Crippen LogP contribution in [0.2, 0.25) is 0 Å². The molecule has 4 N–H and O–H groups in total. The number of hydrogen-bond donors (Lipinski definition) is 2. The number of likely N-dealkylation sites (tertiary alicyclic amines) is 1. The Balaban J connectivity index is 0.000000371. The van der Waals surface area contributed by atoms with Crippen LogP contribution in [0.3, 0.4) is 0 Å². The molecule has 1 fully saturated rings. The summed E-state index contributed by atoms with van der Waals surface area (Å²) in [7, 11) is 1.50. The fourth-order valence-electron chi connectivity index (χ4n) is 0.911. The van der Waals surface area contributed by atoms with E-state index < -0.39 is 0 Å². The van der Waals surface area contributed by atoms with Crippen LogP contribution in [-0.4, -0.2) is 37.5 Å². The zero-order chi connectivity index (χ0) is 7.98. The summed E-state index contributed by atoms with van der Waals surface area (Å²) in [5, 5.41) is 0. The van der Waals surface area contributed by atoms with Crippen LogP contribution in [0.5, 0.6) is 0 Å². The van der Waals surface area contributed by atoms with Crippen LogP contribution < -0.4 is 11.5 Å². The Labute approximate surface area is 61.2 Å². The lowest BCUT2D eigenvalue weighted by Crippen LogP contribution is -2.25. The maximum Gasteiger partial charge on any atom is 0.209 e. The van der Waals surface area contributed by atoms with Crippen molar-refractivity contribution in [1.82, 2.24) is 4.90 Å². The lowest BCUT2D eigenvalue weighted by molar-refractivity contribution is -0.117. The molecule has 4 heteroatoms. The maximum absolute atomic E-state index is 10.0. The SMILES string of the molecule is CN.NC1CCN(C=O)C1. The first kappa shape index (κ1) is 9.39. The van der Waals surface area contributed by atoms with Gasteiger partial charge in [0.25, 0.3) is 0 Å². The van der Waals surface area contributed by atoms with Crippen molar-refractivity contribution >= 4 is 6.41 Å². The second kappa shape index (κ2) is 5.20. The molecule has 1 heterocycles. The third-order valence-corrected chi connectivity index (χ3v) is 1.41. The summed E-state index contributed by atoms with van der Waals surface area (Å²) in [5.74, 6) is 0. The summed E-state index contributed by atoms with van der Waals surface area (Å²) < 4.78 is 0. The van der Waals surface area contributed by atoms with Crippen molar-refractivity contribution in [2.24, 2.45) is 11.5 Å². The first-order valence-corrected chi connectivity index (χ1v) is 3.35. The minimum absolute atomic E-state index is 0.222. The molecule has 1 aliphatic rings. The molecule has 0 radical (unpaired) electrons. The third kappa shape index (κ3) is 2.80.